The Balaban J connectivity index is 4.03. The Morgan fingerprint density at radius 1 is 1.12 bits per heavy atom. The number of Topliss-reactive ketones (excluding diaryl/α,β-unsaturated/α-hetero) is 1. The Kier molecular flexibility index (Phi) is 8.58. The van der Waals surface area contributed by atoms with E-state index in [9.17, 15) is 9.59 Å². The maximum absolute atomic E-state index is 11.7. The smallest absolute Gasteiger partial charge is 0.405 e. The topological polar surface area (TPSA) is 66.4 Å². The summed E-state index contributed by atoms with van der Waals surface area (Å²) in [6, 6.07) is 0. The van der Waals surface area contributed by atoms with Crippen LogP contribution >= 0.6 is 0 Å². The average Bonchev–Trinajstić information content (AvgIpc) is 2.26. The maximum Gasteiger partial charge on any atom is 0.405 e. The zero-order valence-corrected chi connectivity index (χ0v) is 10.3. The van der Waals surface area contributed by atoms with Crippen molar-refractivity contribution < 1.29 is 14.7 Å². The first-order chi connectivity index (χ1) is 7.61. The molecule has 0 radical (unpaired) electrons. The summed E-state index contributed by atoms with van der Waals surface area (Å²) in [6.45, 7) is 4.14. The fraction of sp³-hybridized carbons (Fsp3) is 0.833. The van der Waals surface area contributed by atoms with E-state index < -0.39 is 6.09 Å². The SMILES string of the molecule is CCCCC(CCCC)C(=O)CNC(=O)O. The molecule has 0 unspecified atom stereocenters. The number of hydrogen-bond acceptors (Lipinski definition) is 2. The largest absolute Gasteiger partial charge is 0.465 e. The van der Waals surface area contributed by atoms with Gasteiger partial charge in [0.1, 0.15) is 0 Å². The van der Waals surface area contributed by atoms with Gasteiger partial charge in [-0.2, -0.15) is 0 Å². The summed E-state index contributed by atoms with van der Waals surface area (Å²) in [5.74, 6) is 0.0658. The van der Waals surface area contributed by atoms with Gasteiger partial charge in [0.2, 0.25) is 0 Å². The van der Waals surface area contributed by atoms with Gasteiger partial charge in [-0.05, 0) is 12.8 Å². The standard InChI is InChI=1S/C12H23NO3/c1-3-5-7-10(8-6-4-2)11(14)9-13-12(15)16/h10,13H,3-9H2,1-2H3,(H,15,16). The summed E-state index contributed by atoms with van der Waals surface area (Å²) >= 11 is 0. The lowest BCUT2D eigenvalue weighted by Crippen LogP contribution is -2.31. The number of unbranched alkanes of at least 4 members (excludes halogenated alkanes) is 2. The molecule has 0 heterocycles. The molecule has 1 amide bonds. The molecule has 0 spiro atoms. The molecular weight excluding hydrogens is 206 g/mol. The summed E-state index contributed by atoms with van der Waals surface area (Å²) in [4.78, 5) is 22.0. The maximum atomic E-state index is 11.7. The van der Waals surface area contributed by atoms with Crippen LogP contribution < -0.4 is 5.32 Å². The molecule has 0 aliphatic carbocycles. The molecule has 0 aliphatic heterocycles. The van der Waals surface area contributed by atoms with Crippen LogP contribution in [0, 0.1) is 5.92 Å². The van der Waals surface area contributed by atoms with E-state index in [2.05, 4.69) is 19.2 Å². The Morgan fingerprint density at radius 3 is 2.00 bits per heavy atom. The lowest BCUT2D eigenvalue weighted by atomic mass is 9.92. The van der Waals surface area contributed by atoms with Gasteiger partial charge < -0.3 is 10.4 Å². The second-order valence-electron chi connectivity index (χ2n) is 4.11. The van der Waals surface area contributed by atoms with E-state index in [1.165, 1.54) is 0 Å². The molecule has 0 saturated heterocycles. The molecule has 0 aromatic rings. The first-order valence-electron chi connectivity index (χ1n) is 6.11. The third-order valence-corrected chi connectivity index (χ3v) is 2.68. The Hall–Kier alpha value is -1.06. The highest BCUT2D eigenvalue weighted by molar-refractivity contribution is 5.85. The van der Waals surface area contributed by atoms with Crippen LogP contribution in [-0.2, 0) is 4.79 Å². The fourth-order valence-corrected chi connectivity index (χ4v) is 1.67. The van der Waals surface area contributed by atoms with E-state index >= 15 is 0 Å². The number of rotatable bonds is 9. The van der Waals surface area contributed by atoms with E-state index in [1.807, 2.05) is 0 Å². The minimum Gasteiger partial charge on any atom is -0.465 e. The third-order valence-electron chi connectivity index (χ3n) is 2.68. The molecule has 0 atom stereocenters. The van der Waals surface area contributed by atoms with E-state index in [1.54, 1.807) is 0 Å². The van der Waals surface area contributed by atoms with Crippen molar-refractivity contribution in [2.75, 3.05) is 6.54 Å². The number of carbonyl (C=O) groups is 2. The van der Waals surface area contributed by atoms with E-state index in [4.69, 9.17) is 5.11 Å². The van der Waals surface area contributed by atoms with Crippen molar-refractivity contribution in [2.24, 2.45) is 5.92 Å². The van der Waals surface area contributed by atoms with E-state index in [0.717, 1.165) is 38.5 Å². The van der Waals surface area contributed by atoms with Gasteiger partial charge in [-0.25, -0.2) is 4.79 Å². The second-order valence-corrected chi connectivity index (χ2v) is 4.11. The van der Waals surface area contributed by atoms with Crippen molar-refractivity contribution in [3.63, 3.8) is 0 Å². The van der Waals surface area contributed by atoms with Crippen LogP contribution in [0.15, 0.2) is 0 Å². The minimum absolute atomic E-state index is 0.0318. The summed E-state index contributed by atoms with van der Waals surface area (Å²) in [7, 11) is 0. The highest BCUT2D eigenvalue weighted by Gasteiger charge is 2.17. The number of nitrogens with one attached hydrogen (secondary N) is 1. The van der Waals surface area contributed by atoms with Crippen LogP contribution in [-0.4, -0.2) is 23.5 Å². The Bertz CT molecular complexity index is 208. The molecule has 0 bridgehead atoms. The normalized spacial score (nSPS) is 10.4. The molecule has 0 aromatic carbocycles. The van der Waals surface area contributed by atoms with Gasteiger partial charge in [-0.1, -0.05) is 39.5 Å². The predicted molar refractivity (Wildman–Crippen MR) is 63.6 cm³/mol. The van der Waals surface area contributed by atoms with E-state index in [-0.39, 0.29) is 18.2 Å². The second kappa shape index (κ2) is 9.19. The van der Waals surface area contributed by atoms with Gasteiger partial charge >= 0.3 is 6.09 Å². The van der Waals surface area contributed by atoms with Gasteiger partial charge in [0.05, 0.1) is 6.54 Å². The summed E-state index contributed by atoms with van der Waals surface area (Å²) in [6.07, 6.45) is 4.86. The summed E-state index contributed by atoms with van der Waals surface area (Å²) < 4.78 is 0. The first-order valence-corrected chi connectivity index (χ1v) is 6.11. The molecule has 2 N–H and O–H groups in total. The Labute approximate surface area is 97.4 Å². The van der Waals surface area contributed by atoms with Crippen LogP contribution in [0.5, 0.6) is 0 Å². The van der Waals surface area contributed by atoms with Crippen LogP contribution in [0.4, 0.5) is 4.79 Å². The number of carboxylic acid groups (broad SMARTS) is 1. The molecule has 0 fully saturated rings. The third kappa shape index (κ3) is 7.26. The molecular formula is C12H23NO3. The Morgan fingerprint density at radius 2 is 1.62 bits per heavy atom. The van der Waals surface area contributed by atoms with Crippen molar-refractivity contribution >= 4 is 11.9 Å². The van der Waals surface area contributed by atoms with E-state index in [0.29, 0.717) is 0 Å². The highest BCUT2D eigenvalue weighted by atomic mass is 16.4. The lowest BCUT2D eigenvalue weighted by molar-refractivity contribution is -0.122. The summed E-state index contributed by atoms with van der Waals surface area (Å²) in [5.41, 5.74) is 0. The molecule has 4 heteroatoms. The molecule has 0 aliphatic rings. The van der Waals surface area contributed by atoms with Gasteiger partial charge in [0, 0.05) is 5.92 Å². The van der Waals surface area contributed by atoms with Crippen LogP contribution in [0.2, 0.25) is 0 Å². The highest BCUT2D eigenvalue weighted by Crippen LogP contribution is 2.16. The lowest BCUT2D eigenvalue weighted by Gasteiger charge is -2.14. The predicted octanol–water partition coefficient (Wildman–Crippen LogP) is 2.82. The molecule has 0 saturated carbocycles. The van der Waals surface area contributed by atoms with Gasteiger partial charge in [-0.15, -0.1) is 0 Å². The zero-order chi connectivity index (χ0) is 12.4. The summed E-state index contributed by atoms with van der Waals surface area (Å²) in [5, 5.41) is 10.6. The monoisotopic (exact) mass is 229 g/mol. The molecule has 0 aromatic heterocycles. The van der Waals surface area contributed by atoms with Gasteiger partial charge in [0.15, 0.2) is 5.78 Å². The zero-order valence-electron chi connectivity index (χ0n) is 10.3. The van der Waals surface area contributed by atoms with Crippen molar-refractivity contribution in [1.82, 2.24) is 5.32 Å². The van der Waals surface area contributed by atoms with Crippen LogP contribution in [0.25, 0.3) is 0 Å². The van der Waals surface area contributed by atoms with Crippen molar-refractivity contribution in [2.45, 2.75) is 52.4 Å². The van der Waals surface area contributed by atoms with Crippen molar-refractivity contribution in [3.05, 3.63) is 0 Å². The van der Waals surface area contributed by atoms with Crippen molar-refractivity contribution in [1.29, 1.82) is 0 Å². The van der Waals surface area contributed by atoms with Crippen LogP contribution in [0.3, 0.4) is 0 Å². The van der Waals surface area contributed by atoms with Gasteiger partial charge in [0.25, 0.3) is 0 Å². The average molecular weight is 229 g/mol. The number of amides is 1. The number of hydrogen-bond donors (Lipinski definition) is 2. The molecule has 0 rings (SSSR count). The molecule has 4 nitrogen and oxygen atoms in total. The van der Waals surface area contributed by atoms with Gasteiger partial charge in [-0.3, -0.25) is 4.79 Å². The van der Waals surface area contributed by atoms with Crippen molar-refractivity contribution in [3.8, 4) is 0 Å². The molecule has 94 valence electrons. The fourth-order valence-electron chi connectivity index (χ4n) is 1.67. The first kappa shape index (κ1) is 14.9. The molecule has 16 heavy (non-hydrogen) atoms. The quantitative estimate of drug-likeness (QED) is 0.639. The van der Waals surface area contributed by atoms with Crippen LogP contribution in [0.1, 0.15) is 52.4 Å². The minimum atomic E-state index is -1.13. The number of ketones is 1. The number of carbonyl (C=O) groups excluding carboxylic acids is 1.